The van der Waals surface area contributed by atoms with Gasteiger partial charge in [-0.15, -0.1) is 5.10 Å². The second kappa shape index (κ2) is 12.6. The molecule has 4 aromatic rings. The molecule has 0 radical (unpaired) electrons. The summed E-state index contributed by atoms with van der Waals surface area (Å²) in [6.07, 6.45) is 0.980. The molecule has 5 rings (SSSR count). The summed E-state index contributed by atoms with van der Waals surface area (Å²) in [4.78, 5) is 21.2. The van der Waals surface area contributed by atoms with Gasteiger partial charge < -0.3 is 9.72 Å². The average Bonchev–Trinajstić information content (AvgIpc) is 3.37. The van der Waals surface area contributed by atoms with Crippen molar-refractivity contribution < 1.29 is 4.74 Å². The number of hydrogen-bond acceptors (Lipinski definition) is 7. The quantitative estimate of drug-likeness (QED) is 0.316. The monoisotopic (exact) mass is 529 g/mol. The molecule has 1 saturated heterocycles. The molecule has 206 valence electrons. The maximum Gasteiger partial charge on any atom is 0.252 e. The molecule has 39 heavy (non-hydrogen) atoms. The van der Waals surface area contributed by atoms with E-state index in [2.05, 4.69) is 69.3 Å². The van der Waals surface area contributed by atoms with Crippen LogP contribution >= 0.6 is 0 Å². The molecule has 0 bridgehead atoms. The van der Waals surface area contributed by atoms with E-state index in [-0.39, 0.29) is 17.5 Å². The average molecular weight is 530 g/mol. The highest BCUT2D eigenvalue weighted by molar-refractivity contribution is 5.79. The van der Waals surface area contributed by atoms with E-state index in [0.29, 0.717) is 13.1 Å². The molecule has 0 aliphatic carbocycles. The van der Waals surface area contributed by atoms with Gasteiger partial charge in [-0.05, 0) is 65.4 Å². The van der Waals surface area contributed by atoms with Crippen molar-refractivity contribution in [2.75, 3.05) is 39.4 Å². The number of morpholine rings is 1. The van der Waals surface area contributed by atoms with Crippen LogP contribution in [-0.2, 0) is 17.8 Å². The van der Waals surface area contributed by atoms with Gasteiger partial charge in [0.2, 0.25) is 0 Å². The molecule has 1 fully saturated rings. The summed E-state index contributed by atoms with van der Waals surface area (Å²) in [5.41, 5.74) is 3.89. The number of ether oxygens (including phenoxy) is 1. The molecule has 0 saturated carbocycles. The highest BCUT2D eigenvalue weighted by Crippen LogP contribution is 2.29. The highest BCUT2D eigenvalue weighted by atomic mass is 16.5. The normalized spacial score (nSPS) is 15.4. The van der Waals surface area contributed by atoms with Gasteiger partial charge in [0.25, 0.3) is 5.56 Å². The Balaban J connectivity index is 1.45. The van der Waals surface area contributed by atoms with Crippen LogP contribution in [0.1, 0.15) is 48.8 Å². The lowest BCUT2D eigenvalue weighted by molar-refractivity contribution is 0.0341. The van der Waals surface area contributed by atoms with Crippen LogP contribution in [0, 0.1) is 12.8 Å². The Morgan fingerprint density at radius 3 is 2.64 bits per heavy atom. The number of tetrazole rings is 1. The van der Waals surface area contributed by atoms with E-state index < -0.39 is 0 Å². The van der Waals surface area contributed by atoms with Crippen molar-refractivity contribution in [1.82, 2.24) is 35.0 Å². The van der Waals surface area contributed by atoms with E-state index in [1.165, 1.54) is 5.56 Å². The molecule has 1 aliphatic rings. The predicted molar refractivity (Wildman–Crippen MR) is 153 cm³/mol. The molecular weight excluding hydrogens is 490 g/mol. The SMILES string of the molecule is Cc1ccc2[nH]c(=O)c(CN(CCCN3CCOCC3)[C@H](c3nnnn3Cc3ccccc3)C(C)C)cc2c1. The number of nitrogens with zero attached hydrogens (tertiary/aromatic N) is 6. The number of aromatic amines is 1. The van der Waals surface area contributed by atoms with Gasteiger partial charge in [0, 0.05) is 37.3 Å². The maximum absolute atomic E-state index is 13.2. The first-order valence-electron chi connectivity index (χ1n) is 13.9. The first-order valence-corrected chi connectivity index (χ1v) is 13.9. The van der Waals surface area contributed by atoms with Crippen LogP contribution < -0.4 is 5.56 Å². The van der Waals surface area contributed by atoms with Gasteiger partial charge in [0.05, 0.1) is 25.8 Å². The summed E-state index contributed by atoms with van der Waals surface area (Å²) >= 11 is 0. The maximum atomic E-state index is 13.2. The standard InChI is InChI=1S/C30H39N7O2/c1-22(2)28(29-32-33-34-37(29)20-24-8-5-4-6-9-24)36(13-7-12-35-14-16-39-17-15-35)21-26-19-25-18-23(3)10-11-27(25)31-30(26)38/h4-6,8-11,18-19,22,28H,7,12-17,20-21H2,1-3H3,(H,31,38)/t28-/m0/s1. The third-order valence-electron chi connectivity index (χ3n) is 7.50. The van der Waals surface area contributed by atoms with Gasteiger partial charge in [0.1, 0.15) is 0 Å². The molecule has 0 amide bonds. The lowest BCUT2D eigenvalue weighted by Crippen LogP contribution is -2.40. The summed E-state index contributed by atoms with van der Waals surface area (Å²) in [5, 5.41) is 14.0. The summed E-state index contributed by atoms with van der Waals surface area (Å²) in [5.74, 6) is 1.06. The van der Waals surface area contributed by atoms with Gasteiger partial charge in [0.15, 0.2) is 5.82 Å². The molecule has 1 atom stereocenters. The fourth-order valence-corrected chi connectivity index (χ4v) is 5.52. The number of aryl methyl sites for hydroxylation is 1. The van der Waals surface area contributed by atoms with Crippen LogP contribution in [0.4, 0.5) is 0 Å². The fraction of sp³-hybridized carbons (Fsp3) is 0.467. The molecule has 0 unspecified atom stereocenters. The largest absolute Gasteiger partial charge is 0.379 e. The van der Waals surface area contributed by atoms with Gasteiger partial charge in [-0.25, -0.2) is 4.68 Å². The van der Waals surface area contributed by atoms with E-state index >= 15 is 0 Å². The third-order valence-corrected chi connectivity index (χ3v) is 7.50. The number of rotatable bonds is 11. The van der Waals surface area contributed by atoms with Crippen molar-refractivity contribution in [3.8, 4) is 0 Å². The zero-order chi connectivity index (χ0) is 27.2. The van der Waals surface area contributed by atoms with E-state index in [4.69, 9.17) is 4.74 Å². The van der Waals surface area contributed by atoms with Crippen LogP contribution in [0.3, 0.4) is 0 Å². The first-order chi connectivity index (χ1) is 19.0. The molecule has 0 spiro atoms. The van der Waals surface area contributed by atoms with Gasteiger partial charge in [-0.2, -0.15) is 0 Å². The fourth-order valence-electron chi connectivity index (χ4n) is 5.52. The Morgan fingerprint density at radius 1 is 1.08 bits per heavy atom. The summed E-state index contributed by atoms with van der Waals surface area (Å²) in [7, 11) is 0. The predicted octanol–water partition coefficient (Wildman–Crippen LogP) is 3.79. The number of H-pyrrole nitrogens is 1. The lowest BCUT2D eigenvalue weighted by atomic mass is 9.99. The van der Waals surface area contributed by atoms with E-state index in [1.807, 2.05) is 41.1 Å². The zero-order valence-corrected chi connectivity index (χ0v) is 23.2. The van der Waals surface area contributed by atoms with Crippen molar-refractivity contribution in [3.63, 3.8) is 0 Å². The van der Waals surface area contributed by atoms with E-state index in [9.17, 15) is 4.79 Å². The molecule has 9 heteroatoms. The summed E-state index contributed by atoms with van der Waals surface area (Å²) in [6.45, 7) is 12.9. The second-order valence-corrected chi connectivity index (χ2v) is 10.9. The van der Waals surface area contributed by atoms with Gasteiger partial charge >= 0.3 is 0 Å². The van der Waals surface area contributed by atoms with Crippen molar-refractivity contribution in [3.05, 3.63) is 87.5 Å². The third kappa shape index (κ3) is 6.79. The van der Waals surface area contributed by atoms with Crippen LogP contribution in [-0.4, -0.2) is 74.4 Å². The molecule has 2 aromatic heterocycles. The summed E-state index contributed by atoms with van der Waals surface area (Å²) in [6, 6.07) is 18.4. The minimum Gasteiger partial charge on any atom is -0.379 e. The Kier molecular flexibility index (Phi) is 8.81. The minimum absolute atomic E-state index is 0.0454. The summed E-state index contributed by atoms with van der Waals surface area (Å²) < 4.78 is 7.43. The lowest BCUT2D eigenvalue weighted by Gasteiger charge is -2.34. The van der Waals surface area contributed by atoms with E-state index in [1.54, 1.807) is 0 Å². The zero-order valence-electron chi connectivity index (χ0n) is 23.2. The Labute approximate surface area is 229 Å². The Morgan fingerprint density at radius 2 is 1.87 bits per heavy atom. The smallest absolute Gasteiger partial charge is 0.252 e. The Bertz CT molecular complexity index is 1410. The number of benzene rings is 2. The molecule has 1 aliphatic heterocycles. The molecule has 3 heterocycles. The highest BCUT2D eigenvalue weighted by Gasteiger charge is 2.30. The molecular formula is C30H39N7O2. The van der Waals surface area contributed by atoms with Crippen molar-refractivity contribution in [2.45, 2.75) is 46.3 Å². The van der Waals surface area contributed by atoms with E-state index in [0.717, 1.165) is 73.7 Å². The van der Waals surface area contributed by atoms with Gasteiger partial charge in [-0.3, -0.25) is 14.6 Å². The minimum atomic E-state index is -0.0546. The van der Waals surface area contributed by atoms with Crippen molar-refractivity contribution in [1.29, 1.82) is 0 Å². The first kappa shape index (κ1) is 27.2. The topological polar surface area (TPSA) is 92.2 Å². The second-order valence-electron chi connectivity index (χ2n) is 10.9. The molecule has 1 N–H and O–H groups in total. The number of aromatic nitrogens is 5. The number of pyridine rings is 1. The Hall–Kier alpha value is -3.40. The molecule has 2 aromatic carbocycles. The van der Waals surface area contributed by atoms with Crippen molar-refractivity contribution in [2.24, 2.45) is 5.92 Å². The van der Waals surface area contributed by atoms with Crippen LogP contribution in [0.15, 0.2) is 59.4 Å². The van der Waals surface area contributed by atoms with Gasteiger partial charge in [-0.1, -0.05) is 55.8 Å². The van der Waals surface area contributed by atoms with Crippen molar-refractivity contribution >= 4 is 10.9 Å². The van der Waals surface area contributed by atoms with Crippen LogP contribution in [0.2, 0.25) is 0 Å². The molecule has 9 nitrogen and oxygen atoms in total. The van der Waals surface area contributed by atoms with Crippen LogP contribution in [0.25, 0.3) is 10.9 Å². The number of nitrogens with one attached hydrogen (secondary N) is 1. The van der Waals surface area contributed by atoms with Crippen LogP contribution in [0.5, 0.6) is 0 Å². The number of hydrogen-bond donors (Lipinski definition) is 1. The number of fused-ring (bicyclic) bond motifs is 1.